The molecule has 0 aromatic carbocycles. The van der Waals surface area contributed by atoms with E-state index in [1.54, 1.807) is 0 Å². The first-order valence-corrected chi connectivity index (χ1v) is 6.53. The average molecular weight is 242 g/mol. The predicted octanol–water partition coefficient (Wildman–Crippen LogP) is 2.91. The lowest BCUT2D eigenvalue weighted by Gasteiger charge is -2.33. The van der Waals surface area contributed by atoms with E-state index in [1.165, 1.54) is 19.3 Å². The highest BCUT2D eigenvalue weighted by Crippen LogP contribution is 2.37. The first kappa shape index (κ1) is 14.0. The molecule has 0 amide bonds. The predicted molar refractivity (Wildman–Crippen MR) is 63.8 cm³/mol. The molecule has 2 N–H and O–H groups in total. The third kappa shape index (κ3) is 5.71. The van der Waals surface area contributed by atoms with E-state index in [-0.39, 0.29) is 12.8 Å². The Hall–Kier alpha value is -1.06. The van der Waals surface area contributed by atoms with Crippen LogP contribution in [-0.2, 0) is 9.59 Å². The van der Waals surface area contributed by atoms with Crippen molar-refractivity contribution in [3.05, 3.63) is 0 Å². The number of carboxylic acids is 2. The topological polar surface area (TPSA) is 74.6 Å². The van der Waals surface area contributed by atoms with Crippen LogP contribution in [0.3, 0.4) is 0 Å². The monoisotopic (exact) mass is 242 g/mol. The lowest BCUT2D eigenvalue weighted by atomic mass is 9.72. The molecule has 0 aromatic heterocycles. The summed E-state index contributed by atoms with van der Waals surface area (Å²) in [5, 5.41) is 17.3. The molecule has 0 saturated heterocycles. The highest BCUT2D eigenvalue weighted by atomic mass is 16.4. The number of carboxylic acid groups (broad SMARTS) is 2. The van der Waals surface area contributed by atoms with Gasteiger partial charge >= 0.3 is 11.9 Å². The third-order valence-electron chi connectivity index (χ3n) is 3.72. The normalized spacial score (nSPS) is 17.4. The zero-order valence-electron chi connectivity index (χ0n) is 10.2. The Balaban J connectivity index is 2.15. The zero-order valence-corrected chi connectivity index (χ0v) is 10.2. The van der Waals surface area contributed by atoms with Gasteiger partial charge in [-0.2, -0.15) is 0 Å². The van der Waals surface area contributed by atoms with E-state index >= 15 is 0 Å². The zero-order chi connectivity index (χ0) is 12.7. The Labute approximate surface area is 102 Å². The van der Waals surface area contributed by atoms with Gasteiger partial charge in [-0.1, -0.05) is 32.1 Å². The van der Waals surface area contributed by atoms with Crippen molar-refractivity contribution in [2.24, 2.45) is 11.8 Å². The van der Waals surface area contributed by atoms with Gasteiger partial charge in [0.2, 0.25) is 0 Å². The first-order valence-electron chi connectivity index (χ1n) is 6.53. The van der Waals surface area contributed by atoms with Crippen LogP contribution in [-0.4, -0.2) is 22.2 Å². The Kier molecular flexibility index (Phi) is 6.01. The van der Waals surface area contributed by atoms with E-state index < -0.39 is 11.9 Å². The van der Waals surface area contributed by atoms with Crippen molar-refractivity contribution in [3.8, 4) is 0 Å². The minimum absolute atomic E-state index is 0.229. The van der Waals surface area contributed by atoms with Crippen molar-refractivity contribution < 1.29 is 19.8 Å². The molecule has 98 valence electrons. The summed E-state index contributed by atoms with van der Waals surface area (Å²) in [5.41, 5.74) is 0. The Bertz CT molecular complexity index is 258. The van der Waals surface area contributed by atoms with Crippen molar-refractivity contribution in [1.29, 1.82) is 0 Å². The smallest absolute Gasteiger partial charge is 0.303 e. The number of hydrogen-bond donors (Lipinski definition) is 2. The average Bonchev–Trinajstić information content (AvgIpc) is 2.12. The van der Waals surface area contributed by atoms with Gasteiger partial charge in [-0.3, -0.25) is 9.59 Å². The molecule has 0 aromatic rings. The maximum absolute atomic E-state index is 10.8. The van der Waals surface area contributed by atoms with Crippen LogP contribution in [0.25, 0.3) is 0 Å². The Morgan fingerprint density at radius 3 is 2.24 bits per heavy atom. The van der Waals surface area contributed by atoms with Gasteiger partial charge in [0, 0.05) is 12.8 Å². The second kappa shape index (κ2) is 7.30. The molecule has 4 nitrogen and oxygen atoms in total. The van der Waals surface area contributed by atoms with Crippen molar-refractivity contribution >= 4 is 11.9 Å². The second-order valence-corrected chi connectivity index (χ2v) is 5.04. The number of hydrogen-bond acceptors (Lipinski definition) is 2. The minimum Gasteiger partial charge on any atom is -0.481 e. The van der Waals surface area contributed by atoms with Crippen LogP contribution in [0.1, 0.15) is 57.8 Å². The summed E-state index contributed by atoms with van der Waals surface area (Å²) < 4.78 is 0. The highest BCUT2D eigenvalue weighted by molar-refractivity contribution is 5.67. The second-order valence-electron chi connectivity index (χ2n) is 5.04. The van der Waals surface area contributed by atoms with Crippen LogP contribution >= 0.6 is 0 Å². The molecule has 0 aliphatic heterocycles. The van der Waals surface area contributed by atoms with E-state index in [0.717, 1.165) is 19.3 Å². The Morgan fingerprint density at radius 1 is 1.06 bits per heavy atom. The summed E-state index contributed by atoms with van der Waals surface area (Å²) in [7, 11) is 0. The fraction of sp³-hybridized carbons (Fsp3) is 0.846. The highest BCUT2D eigenvalue weighted by Gasteiger charge is 2.28. The van der Waals surface area contributed by atoms with Gasteiger partial charge in [0.25, 0.3) is 0 Å². The maximum Gasteiger partial charge on any atom is 0.303 e. The van der Waals surface area contributed by atoms with Crippen molar-refractivity contribution in [3.63, 3.8) is 0 Å². The maximum atomic E-state index is 10.8. The van der Waals surface area contributed by atoms with Gasteiger partial charge < -0.3 is 10.2 Å². The van der Waals surface area contributed by atoms with Crippen LogP contribution in [0.4, 0.5) is 0 Å². The fourth-order valence-corrected chi connectivity index (χ4v) is 2.50. The molecule has 1 unspecified atom stereocenters. The lowest BCUT2D eigenvalue weighted by molar-refractivity contribution is -0.139. The van der Waals surface area contributed by atoms with E-state index in [9.17, 15) is 9.59 Å². The van der Waals surface area contributed by atoms with Crippen LogP contribution in [0.2, 0.25) is 0 Å². The number of carbonyl (C=O) groups is 2. The number of aliphatic carboxylic acids is 2. The van der Waals surface area contributed by atoms with Gasteiger partial charge in [-0.05, 0) is 24.7 Å². The summed E-state index contributed by atoms with van der Waals surface area (Å²) in [5.74, 6) is -0.532. The Morgan fingerprint density at radius 2 is 1.76 bits per heavy atom. The van der Waals surface area contributed by atoms with Crippen molar-refractivity contribution in [2.45, 2.75) is 57.8 Å². The molecule has 1 saturated carbocycles. The number of unbranched alkanes of at least 4 members (excludes halogenated alkanes) is 2. The molecule has 1 atom stereocenters. The molecule has 0 heterocycles. The molecule has 0 spiro atoms. The standard InChI is InChI=1S/C13H22O4/c14-12(15)8-3-1-2-5-11(9-13(16)17)10-6-4-7-10/h10-11H,1-9H2,(H,14,15)(H,16,17). The van der Waals surface area contributed by atoms with Gasteiger partial charge in [0.05, 0.1) is 0 Å². The largest absolute Gasteiger partial charge is 0.481 e. The van der Waals surface area contributed by atoms with Gasteiger partial charge in [-0.25, -0.2) is 0 Å². The minimum atomic E-state index is -0.744. The number of rotatable bonds is 9. The molecular formula is C13H22O4. The van der Waals surface area contributed by atoms with E-state index in [1.807, 2.05) is 0 Å². The molecule has 0 radical (unpaired) electrons. The van der Waals surface area contributed by atoms with Crippen LogP contribution in [0.15, 0.2) is 0 Å². The van der Waals surface area contributed by atoms with Crippen molar-refractivity contribution in [2.75, 3.05) is 0 Å². The third-order valence-corrected chi connectivity index (χ3v) is 3.72. The first-order chi connectivity index (χ1) is 8.09. The van der Waals surface area contributed by atoms with Gasteiger partial charge in [-0.15, -0.1) is 0 Å². The van der Waals surface area contributed by atoms with Gasteiger partial charge in [0.15, 0.2) is 0 Å². The van der Waals surface area contributed by atoms with Crippen molar-refractivity contribution in [1.82, 2.24) is 0 Å². The lowest BCUT2D eigenvalue weighted by Crippen LogP contribution is -2.24. The molecule has 17 heavy (non-hydrogen) atoms. The summed E-state index contributed by atoms with van der Waals surface area (Å²) >= 11 is 0. The summed E-state index contributed by atoms with van der Waals surface area (Å²) in [4.78, 5) is 21.1. The molecule has 1 aliphatic rings. The van der Waals surface area contributed by atoms with E-state index in [4.69, 9.17) is 10.2 Å². The van der Waals surface area contributed by atoms with Crippen LogP contribution < -0.4 is 0 Å². The fourth-order valence-electron chi connectivity index (χ4n) is 2.50. The summed E-state index contributed by atoms with van der Waals surface area (Å²) in [6.45, 7) is 0. The summed E-state index contributed by atoms with van der Waals surface area (Å²) in [6, 6.07) is 0. The van der Waals surface area contributed by atoms with Crippen LogP contribution in [0, 0.1) is 11.8 Å². The van der Waals surface area contributed by atoms with Gasteiger partial charge in [0.1, 0.15) is 0 Å². The molecule has 1 rings (SSSR count). The summed E-state index contributed by atoms with van der Waals surface area (Å²) in [6.07, 6.45) is 7.60. The molecule has 1 fully saturated rings. The van der Waals surface area contributed by atoms with E-state index in [2.05, 4.69) is 0 Å². The molecule has 0 bridgehead atoms. The SMILES string of the molecule is O=C(O)CCCCCC(CC(=O)O)C1CCC1. The molecular weight excluding hydrogens is 220 g/mol. The van der Waals surface area contributed by atoms with Crippen LogP contribution in [0.5, 0.6) is 0 Å². The molecule has 1 aliphatic carbocycles. The quantitative estimate of drug-likeness (QED) is 0.610. The van der Waals surface area contributed by atoms with E-state index in [0.29, 0.717) is 18.3 Å². The molecule has 4 heteroatoms.